The van der Waals surface area contributed by atoms with Crippen LogP contribution in [0.5, 0.6) is 0 Å². The SMILES string of the molecule is Cc1nc2ccc(CCNC(=O)c3cc4ccccc4oc3=O)cc2o1. The Kier molecular flexibility index (Phi) is 4.01. The monoisotopic (exact) mass is 348 g/mol. The Morgan fingerprint density at radius 1 is 1.08 bits per heavy atom. The number of fused-ring (bicyclic) bond motifs is 2. The molecule has 6 nitrogen and oxygen atoms in total. The summed E-state index contributed by atoms with van der Waals surface area (Å²) >= 11 is 0. The van der Waals surface area contributed by atoms with Crippen LogP contribution in [0.25, 0.3) is 22.1 Å². The summed E-state index contributed by atoms with van der Waals surface area (Å²) < 4.78 is 10.7. The number of nitrogens with one attached hydrogen (secondary N) is 1. The molecule has 4 aromatic rings. The molecule has 2 heterocycles. The first kappa shape index (κ1) is 16.1. The average molecular weight is 348 g/mol. The number of rotatable bonds is 4. The largest absolute Gasteiger partial charge is 0.441 e. The lowest BCUT2D eigenvalue weighted by atomic mass is 10.1. The summed E-state index contributed by atoms with van der Waals surface area (Å²) in [6, 6.07) is 14.4. The highest BCUT2D eigenvalue weighted by Gasteiger charge is 2.13. The van der Waals surface area contributed by atoms with E-state index in [0.29, 0.717) is 29.8 Å². The van der Waals surface area contributed by atoms with Crippen LogP contribution in [0.15, 0.2) is 62.2 Å². The minimum atomic E-state index is -0.639. The third-order valence-electron chi connectivity index (χ3n) is 4.15. The van der Waals surface area contributed by atoms with Crippen molar-refractivity contribution in [3.63, 3.8) is 0 Å². The summed E-state index contributed by atoms with van der Waals surface area (Å²) in [7, 11) is 0. The molecule has 2 aromatic carbocycles. The molecule has 0 aliphatic rings. The first-order chi connectivity index (χ1) is 12.6. The summed E-state index contributed by atoms with van der Waals surface area (Å²) in [6.07, 6.45) is 0.611. The zero-order valence-corrected chi connectivity index (χ0v) is 14.1. The van der Waals surface area contributed by atoms with Crippen LogP contribution in [0.3, 0.4) is 0 Å². The van der Waals surface area contributed by atoms with E-state index in [-0.39, 0.29) is 5.56 Å². The minimum absolute atomic E-state index is 0.00464. The summed E-state index contributed by atoms with van der Waals surface area (Å²) in [4.78, 5) is 28.6. The average Bonchev–Trinajstić information content (AvgIpc) is 3.00. The Balaban J connectivity index is 1.46. The number of nitrogens with zero attached hydrogens (tertiary/aromatic N) is 1. The molecule has 26 heavy (non-hydrogen) atoms. The first-order valence-corrected chi connectivity index (χ1v) is 8.27. The number of oxazole rings is 1. The molecule has 0 bridgehead atoms. The van der Waals surface area contributed by atoms with Crippen LogP contribution >= 0.6 is 0 Å². The highest BCUT2D eigenvalue weighted by atomic mass is 16.4. The molecule has 4 rings (SSSR count). The van der Waals surface area contributed by atoms with Crippen molar-refractivity contribution in [2.75, 3.05) is 6.54 Å². The van der Waals surface area contributed by atoms with Crippen molar-refractivity contribution in [3.05, 3.63) is 76.0 Å². The van der Waals surface area contributed by atoms with E-state index in [1.165, 1.54) is 0 Å². The molecule has 1 amide bonds. The highest BCUT2D eigenvalue weighted by Crippen LogP contribution is 2.17. The van der Waals surface area contributed by atoms with Gasteiger partial charge in [0.2, 0.25) is 0 Å². The number of aromatic nitrogens is 1. The van der Waals surface area contributed by atoms with Gasteiger partial charge in [-0.1, -0.05) is 24.3 Å². The van der Waals surface area contributed by atoms with E-state index in [1.54, 1.807) is 31.2 Å². The Morgan fingerprint density at radius 3 is 2.81 bits per heavy atom. The predicted molar refractivity (Wildman–Crippen MR) is 97.3 cm³/mol. The number of hydrogen-bond donors (Lipinski definition) is 1. The van der Waals surface area contributed by atoms with Crippen molar-refractivity contribution >= 4 is 28.0 Å². The maximum atomic E-state index is 12.3. The van der Waals surface area contributed by atoms with Crippen LogP contribution in [-0.2, 0) is 6.42 Å². The van der Waals surface area contributed by atoms with Crippen molar-refractivity contribution in [2.24, 2.45) is 0 Å². The molecule has 6 heteroatoms. The van der Waals surface area contributed by atoms with Gasteiger partial charge in [0, 0.05) is 18.9 Å². The van der Waals surface area contributed by atoms with Crippen LogP contribution in [-0.4, -0.2) is 17.4 Å². The van der Waals surface area contributed by atoms with Crippen LogP contribution in [0.4, 0.5) is 0 Å². The summed E-state index contributed by atoms with van der Waals surface area (Å²) in [5.74, 6) is 0.176. The van der Waals surface area contributed by atoms with Gasteiger partial charge in [0.15, 0.2) is 11.5 Å². The lowest BCUT2D eigenvalue weighted by Crippen LogP contribution is -2.29. The van der Waals surface area contributed by atoms with Crippen LogP contribution in [0.1, 0.15) is 21.8 Å². The Hall–Kier alpha value is -3.41. The molecule has 0 unspecified atom stereocenters. The molecule has 0 atom stereocenters. The number of carbonyl (C=O) groups excluding carboxylic acids is 1. The molecular formula is C20H16N2O4. The van der Waals surface area contributed by atoms with Crippen LogP contribution in [0, 0.1) is 6.92 Å². The van der Waals surface area contributed by atoms with Crippen molar-refractivity contribution in [1.82, 2.24) is 10.3 Å². The van der Waals surface area contributed by atoms with E-state index >= 15 is 0 Å². The van der Waals surface area contributed by atoms with Gasteiger partial charge in [0.05, 0.1) is 0 Å². The number of amides is 1. The topological polar surface area (TPSA) is 85.3 Å². The number of para-hydroxylation sites is 1. The Bertz CT molecular complexity index is 1170. The molecule has 0 saturated carbocycles. The lowest BCUT2D eigenvalue weighted by molar-refractivity contribution is 0.0950. The smallest absolute Gasteiger partial charge is 0.349 e. The van der Waals surface area contributed by atoms with Gasteiger partial charge < -0.3 is 14.2 Å². The lowest BCUT2D eigenvalue weighted by Gasteiger charge is -2.05. The van der Waals surface area contributed by atoms with E-state index < -0.39 is 11.5 Å². The third kappa shape index (κ3) is 3.09. The van der Waals surface area contributed by atoms with Gasteiger partial charge in [0.25, 0.3) is 5.91 Å². The Labute approximate surface area is 148 Å². The number of hydrogen-bond acceptors (Lipinski definition) is 5. The number of carbonyl (C=O) groups is 1. The number of benzene rings is 2. The maximum absolute atomic E-state index is 12.3. The van der Waals surface area contributed by atoms with Gasteiger partial charge in [-0.3, -0.25) is 4.79 Å². The second-order valence-corrected chi connectivity index (χ2v) is 6.03. The summed E-state index contributed by atoms with van der Waals surface area (Å²) in [5.41, 5.74) is 2.37. The first-order valence-electron chi connectivity index (χ1n) is 8.27. The van der Waals surface area contributed by atoms with Crippen LogP contribution < -0.4 is 10.9 Å². The van der Waals surface area contributed by atoms with Crippen molar-refractivity contribution < 1.29 is 13.6 Å². The normalized spacial score (nSPS) is 11.1. The maximum Gasteiger partial charge on any atom is 0.349 e. The van der Waals surface area contributed by atoms with Crippen molar-refractivity contribution in [1.29, 1.82) is 0 Å². The predicted octanol–water partition coefficient (Wildman–Crippen LogP) is 3.22. The Morgan fingerprint density at radius 2 is 1.92 bits per heavy atom. The molecule has 1 N–H and O–H groups in total. The fraction of sp³-hybridized carbons (Fsp3) is 0.150. The van der Waals surface area contributed by atoms with Gasteiger partial charge in [-0.05, 0) is 36.2 Å². The quantitative estimate of drug-likeness (QED) is 0.572. The zero-order valence-electron chi connectivity index (χ0n) is 14.1. The van der Waals surface area contributed by atoms with Crippen molar-refractivity contribution in [2.45, 2.75) is 13.3 Å². The minimum Gasteiger partial charge on any atom is -0.441 e. The van der Waals surface area contributed by atoms with Gasteiger partial charge in [0.1, 0.15) is 16.7 Å². The van der Waals surface area contributed by atoms with Gasteiger partial charge in [-0.2, -0.15) is 0 Å². The van der Waals surface area contributed by atoms with E-state index in [2.05, 4.69) is 10.3 Å². The molecule has 0 spiro atoms. The van der Waals surface area contributed by atoms with E-state index in [9.17, 15) is 9.59 Å². The van der Waals surface area contributed by atoms with Gasteiger partial charge in [-0.25, -0.2) is 9.78 Å². The molecule has 0 saturated heterocycles. The highest BCUT2D eigenvalue weighted by molar-refractivity contribution is 5.96. The van der Waals surface area contributed by atoms with Gasteiger partial charge >= 0.3 is 5.63 Å². The molecule has 0 radical (unpaired) electrons. The zero-order chi connectivity index (χ0) is 18.1. The second-order valence-electron chi connectivity index (χ2n) is 6.03. The second kappa shape index (κ2) is 6.48. The standard InChI is InChI=1S/C20H16N2O4/c1-12-22-16-7-6-13(10-18(16)25-12)8-9-21-19(23)15-11-14-4-2-3-5-17(14)26-20(15)24/h2-7,10-11H,8-9H2,1H3,(H,21,23). The van der Waals surface area contributed by atoms with Crippen LogP contribution in [0.2, 0.25) is 0 Å². The fourth-order valence-corrected chi connectivity index (χ4v) is 2.88. The molecule has 0 aliphatic carbocycles. The molecular weight excluding hydrogens is 332 g/mol. The van der Waals surface area contributed by atoms with E-state index in [4.69, 9.17) is 8.83 Å². The van der Waals surface area contributed by atoms with Gasteiger partial charge in [-0.15, -0.1) is 0 Å². The summed E-state index contributed by atoms with van der Waals surface area (Å²) in [5, 5.41) is 3.47. The fourth-order valence-electron chi connectivity index (χ4n) is 2.88. The molecule has 130 valence electrons. The molecule has 0 aliphatic heterocycles. The van der Waals surface area contributed by atoms with E-state index in [0.717, 1.165) is 16.7 Å². The number of aryl methyl sites for hydroxylation is 1. The van der Waals surface area contributed by atoms with Crippen molar-refractivity contribution in [3.8, 4) is 0 Å². The molecule has 0 fully saturated rings. The summed E-state index contributed by atoms with van der Waals surface area (Å²) in [6.45, 7) is 2.19. The van der Waals surface area contributed by atoms with E-state index in [1.807, 2.05) is 24.3 Å². The third-order valence-corrected chi connectivity index (χ3v) is 4.15. The molecule has 2 aromatic heterocycles.